The van der Waals surface area contributed by atoms with Crippen LogP contribution in [0.4, 0.5) is 8.78 Å². The number of hydrogen-bond donors (Lipinski definition) is 1. The number of alkyl halides is 1. The number of hydrogen-bond acceptors (Lipinski definition) is 1. The largest absolute Gasteiger partial charge is 0.352 e. The average molecular weight is 385 g/mol. The molecule has 0 unspecified atom stereocenters. The molecule has 0 saturated heterocycles. The summed E-state index contributed by atoms with van der Waals surface area (Å²) in [4.78, 5) is 11.6. The molecule has 1 aromatic carbocycles. The van der Waals surface area contributed by atoms with Crippen LogP contribution in [0.1, 0.15) is 29.6 Å². The van der Waals surface area contributed by atoms with Crippen molar-refractivity contribution in [2.45, 2.75) is 19.3 Å². The molecule has 0 aliphatic heterocycles. The minimum Gasteiger partial charge on any atom is -0.352 e. The number of amides is 1. The Balaban J connectivity index is 2.57. The highest BCUT2D eigenvalue weighted by Crippen LogP contribution is 2.19. The van der Waals surface area contributed by atoms with Gasteiger partial charge >= 0.3 is 0 Å². The zero-order valence-electron chi connectivity index (χ0n) is 9.61. The van der Waals surface area contributed by atoms with Gasteiger partial charge in [0.15, 0.2) is 0 Å². The Bertz CT molecular complexity index is 404. The Kier molecular flexibility index (Phi) is 6.78. The monoisotopic (exact) mass is 383 g/mol. The van der Waals surface area contributed by atoms with Gasteiger partial charge in [0, 0.05) is 16.3 Å². The summed E-state index contributed by atoms with van der Waals surface area (Å²) in [6.07, 6.45) is 2.75. The molecule has 1 N–H and O–H groups in total. The highest BCUT2D eigenvalue weighted by atomic mass is 79.9. The predicted molar refractivity (Wildman–Crippen MR) is 74.0 cm³/mol. The van der Waals surface area contributed by atoms with Crippen molar-refractivity contribution in [2.75, 3.05) is 11.9 Å². The number of nitrogens with one attached hydrogen (secondary N) is 1. The van der Waals surface area contributed by atoms with E-state index in [9.17, 15) is 13.6 Å². The Morgan fingerprint density at radius 3 is 2.33 bits per heavy atom. The average Bonchev–Trinajstić information content (AvgIpc) is 2.27. The molecule has 0 radical (unpaired) electrons. The van der Waals surface area contributed by atoms with Gasteiger partial charge < -0.3 is 5.32 Å². The summed E-state index contributed by atoms with van der Waals surface area (Å²) in [7, 11) is 0. The van der Waals surface area contributed by atoms with Crippen molar-refractivity contribution in [1.29, 1.82) is 0 Å². The maximum absolute atomic E-state index is 13.5. The molecule has 0 fully saturated rings. The summed E-state index contributed by atoms with van der Waals surface area (Å²) >= 11 is 6.26. The van der Waals surface area contributed by atoms with E-state index in [2.05, 4.69) is 37.2 Å². The molecular weight excluding hydrogens is 372 g/mol. The summed E-state index contributed by atoms with van der Waals surface area (Å²) in [6, 6.07) is 2.14. The fraction of sp³-hybridized carbons (Fsp3) is 0.417. The minimum absolute atomic E-state index is 0.270. The number of carbonyl (C=O) groups excluding carboxylic acids is 1. The van der Waals surface area contributed by atoms with Gasteiger partial charge in [-0.05, 0) is 25.0 Å². The van der Waals surface area contributed by atoms with E-state index in [0.29, 0.717) is 6.54 Å². The van der Waals surface area contributed by atoms with E-state index in [-0.39, 0.29) is 4.47 Å². The van der Waals surface area contributed by atoms with Crippen molar-refractivity contribution < 1.29 is 13.6 Å². The van der Waals surface area contributed by atoms with E-state index in [1.54, 1.807) is 0 Å². The third kappa shape index (κ3) is 4.65. The molecule has 0 aromatic heterocycles. The van der Waals surface area contributed by atoms with Crippen LogP contribution in [0.2, 0.25) is 0 Å². The number of benzene rings is 1. The molecule has 0 aliphatic rings. The van der Waals surface area contributed by atoms with Crippen molar-refractivity contribution in [3.8, 4) is 0 Å². The van der Waals surface area contributed by atoms with Crippen LogP contribution in [-0.4, -0.2) is 17.8 Å². The SMILES string of the molecule is O=C(NCCCCCBr)c1c(F)cc(Br)cc1F. The smallest absolute Gasteiger partial charge is 0.257 e. The zero-order chi connectivity index (χ0) is 13.5. The molecule has 0 atom stereocenters. The van der Waals surface area contributed by atoms with E-state index >= 15 is 0 Å². The lowest BCUT2D eigenvalue weighted by Gasteiger charge is -2.07. The van der Waals surface area contributed by atoms with Crippen LogP contribution in [-0.2, 0) is 0 Å². The highest BCUT2D eigenvalue weighted by molar-refractivity contribution is 9.10. The lowest BCUT2D eigenvalue weighted by Crippen LogP contribution is -2.26. The van der Waals surface area contributed by atoms with E-state index < -0.39 is 23.1 Å². The van der Waals surface area contributed by atoms with Crippen LogP contribution in [0.15, 0.2) is 16.6 Å². The van der Waals surface area contributed by atoms with Gasteiger partial charge in [-0.15, -0.1) is 0 Å². The second kappa shape index (κ2) is 7.84. The summed E-state index contributed by atoms with van der Waals surface area (Å²) in [5.41, 5.74) is -0.529. The minimum atomic E-state index is -0.861. The Hall–Kier alpha value is -0.490. The van der Waals surface area contributed by atoms with Crippen molar-refractivity contribution >= 4 is 37.8 Å². The van der Waals surface area contributed by atoms with E-state index in [1.807, 2.05) is 0 Å². The lowest BCUT2D eigenvalue weighted by atomic mass is 10.2. The Morgan fingerprint density at radius 1 is 1.17 bits per heavy atom. The van der Waals surface area contributed by atoms with Gasteiger partial charge in [-0.2, -0.15) is 0 Å². The van der Waals surface area contributed by atoms with Gasteiger partial charge in [-0.25, -0.2) is 8.78 Å². The zero-order valence-corrected chi connectivity index (χ0v) is 12.8. The summed E-state index contributed by atoms with van der Waals surface area (Å²) in [5, 5.41) is 3.42. The maximum atomic E-state index is 13.5. The highest BCUT2D eigenvalue weighted by Gasteiger charge is 2.17. The molecule has 100 valence electrons. The van der Waals surface area contributed by atoms with Crippen molar-refractivity contribution in [3.05, 3.63) is 33.8 Å². The normalized spacial score (nSPS) is 10.4. The first-order valence-electron chi connectivity index (χ1n) is 5.55. The van der Waals surface area contributed by atoms with E-state index in [4.69, 9.17) is 0 Å². The van der Waals surface area contributed by atoms with Gasteiger partial charge in [-0.3, -0.25) is 4.79 Å². The molecule has 0 bridgehead atoms. The third-order valence-electron chi connectivity index (χ3n) is 2.33. The Labute approximate surface area is 121 Å². The van der Waals surface area contributed by atoms with Gasteiger partial charge in [-0.1, -0.05) is 38.3 Å². The first-order valence-corrected chi connectivity index (χ1v) is 7.46. The van der Waals surface area contributed by atoms with Crippen LogP contribution in [0.3, 0.4) is 0 Å². The molecule has 0 aliphatic carbocycles. The fourth-order valence-electron chi connectivity index (χ4n) is 1.45. The summed E-state index contributed by atoms with van der Waals surface area (Å²) < 4.78 is 27.2. The van der Waals surface area contributed by atoms with Crippen LogP contribution in [0.5, 0.6) is 0 Å². The van der Waals surface area contributed by atoms with Crippen molar-refractivity contribution in [2.24, 2.45) is 0 Å². The summed E-state index contributed by atoms with van der Waals surface area (Å²) in [6.45, 7) is 0.417. The lowest BCUT2D eigenvalue weighted by molar-refractivity contribution is 0.0944. The van der Waals surface area contributed by atoms with Crippen LogP contribution in [0.25, 0.3) is 0 Å². The standard InChI is InChI=1S/C12H13Br2F2NO/c13-4-2-1-3-5-17-12(18)11-9(15)6-8(14)7-10(11)16/h6-7H,1-5H2,(H,17,18). The molecule has 0 heterocycles. The predicted octanol–water partition coefficient (Wildman–Crippen LogP) is 4.02. The summed E-state index contributed by atoms with van der Waals surface area (Å²) in [5.74, 6) is -2.43. The molecule has 6 heteroatoms. The first-order chi connectivity index (χ1) is 8.56. The molecule has 1 aromatic rings. The van der Waals surface area contributed by atoms with Gasteiger partial charge in [0.25, 0.3) is 5.91 Å². The van der Waals surface area contributed by atoms with Crippen LogP contribution < -0.4 is 5.32 Å². The van der Waals surface area contributed by atoms with Crippen LogP contribution >= 0.6 is 31.9 Å². The number of rotatable bonds is 6. The van der Waals surface area contributed by atoms with E-state index in [1.165, 1.54) is 0 Å². The molecule has 1 rings (SSSR count). The van der Waals surface area contributed by atoms with Gasteiger partial charge in [0.05, 0.1) is 0 Å². The van der Waals surface area contributed by atoms with E-state index in [0.717, 1.165) is 36.7 Å². The third-order valence-corrected chi connectivity index (χ3v) is 3.35. The topological polar surface area (TPSA) is 29.1 Å². The Morgan fingerprint density at radius 2 is 1.78 bits per heavy atom. The maximum Gasteiger partial charge on any atom is 0.257 e. The number of unbranched alkanes of at least 4 members (excludes halogenated alkanes) is 2. The fourth-order valence-corrected chi connectivity index (χ4v) is 2.24. The molecule has 18 heavy (non-hydrogen) atoms. The van der Waals surface area contributed by atoms with Crippen LogP contribution in [0, 0.1) is 11.6 Å². The molecule has 0 saturated carbocycles. The first kappa shape index (κ1) is 15.6. The number of carbonyl (C=O) groups is 1. The van der Waals surface area contributed by atoms with Crippen molar-refractivity contribution in [1.82, 2.24) is 5.32 Å². The quantitative estimate of drug-likeness (QED) is 0.582. The molecule has 2 nitrogen and oxygen atoms in total. The molecule has 0 spiro atoms. The molecule has 1 amide bonds. The van der Waals surface area contributed by atoms with Gasteiger partial charge in [0.1, 0.15) is 17.2 Å². The number of halogens is 4. The van der Waals surface area contributed by atoms with Gasteiger partial charge in [0.2, 0.25) is 0 Å². The second-order valence-corrected chi connectivity index (χ2v) is 5.46. The molecular formula is C12H13Br2F2NO. The second-order valence-electron chi connectivity index (χ2n) is 3.75. The van der Waals surface area contributed by atoms with Crippen molar-refractivity contribution in [3.63, 3.8) is 0 Å².